The van der Waals surface area contributed by atoms with Crippen molar-refractivity contribution in [1.82, 2.24) is 0 Å². The maximum atomic E-state index is 13.4. The number of carbonyl (C=O) groups excluding carboxylic acids is 1. The highest BCUT2D eigenvalue weighted by molar-refractivity contribution is 5.89. The van der Waals surface area contributed by atoms with Gasteiger partial charge in [-0.3, -0.25) is 0 Å². The van der Waals surface area contributed by atoms with Gasteiger partial charge in [-0.2, -0.15) is 0 Å². The largest absolute Gasteiger partial charge is 0.458 e. The molecule has 6 rings (SSSR count). The van der Waals surface area contributed by atoms with Gasteiger partial charge in [0.1, 0.15) is 6.10 Å². The predicted octanol–water partition coefficient (Wildman–Crippen LogP) is 5.85. The van der Waals surface area contributed by atoms with Crippen LogP contribution in [0.4, 0.5) is 0 Å². The van der Waals surface area contributed by atoms with E-state index in [-0.39, 0.29) is 29.5 Å². The van der Waals surface area contributed by atoms with E-state index in [2.05, 4.69) is 20.8 Å². The lowest BCUT2D eigenvalue weighted by Crippen LogP contribution is -2.61. The lowest BCUT2D eigenvalue weighted by Gasteiger charge is -2.63. The Morgan fingerprint density at radius 1 is 1.03 bits per heavy atom. The van der Waals surface area contributed by atoms with Crippen molar-refractivity contribution >= 4 is 5.97 Å². The number of aliphatic hydroxyl groups excluding tert-OH is 1. The molecule has 5 nitrogen and oxygen atoms in total. The second kappa shape index (κ2) is 9.10. The fourth-order valence-electron chi connectivity index (χ4n) is 9.90. The summed E-state index contributed by atoms with van der Waals surface area (Å²) >= 11 is 0. The first-order valence-corrected chi connectivity index (χ1v) is 14.4. The fourth-order valence-corrected chi connectivity index (χ4v) is 9.90. The van der Waals surface area contributed by atoms with E-state index >= 15 is 0 Å². The van der Waals surface area contributed by atoms with E-state index in [0.29, 0.717) is 54.3 Å². The number of aliphatic hydroxyl groups is 1. The average Bonchev–Trinajstić information content (AvgIpc) is 3.49. The number of hydrogen-bond acceptors (Lipinski definition) is 5. The minimum Gasteiger partial charge on any atom is -0.458 e. The molecule has 1 heterocycles. The molecule has 1 N–H and O–H groups in total. The molecule has 1 aromatic rings. The monoisotopic (exact) mass is 496 g/mol. The second-order valence-electron chi connectivity index (χ2n) is 13.2. The highest BCUT2D eigenvalue weighted by Crippen LogP contribution is 2.69. The first-order valence-electron chi connectivity index (χ1n) is 14.4. The van der Waals surface area contributed by atoms with Crippen molar-refractivity contribution in [2.75, 3.05) is 19.8 Å². The zero-order valence-electron chi connectivity index (χ0n) is 22.3. The summed E-state index contributed by atoms with van der Waals surface area (Å²) in [4.78, 5) is 13.4. The summed E-state index contributed by atoms with van der Waals surface area (Å²) in [6.45, 7) is 8.86. The number of rotatable bonds is 4. The fraction of sp³-hybridized carbons (Fsp3) is 0.774. The molecule has 1 aromatic carbocycles. The molecule has 36 heavy (non-hydrogen) atoms. The number of esters is 1. The molecule has 0 bridgehead atoms. The number of carbonyl (C=O) groups is 1. The van der Waals surface area contributed by atoms with Crippen molar-refractivity contribution in [3.05, 3.63) is 35.9 Å². The molecule has 1 saturated heterocycles. The lowest BCUT2D eigenvalue weighted by atomic mass is 9.43. The lowest BCUT2D eigenvalue weighted by molar-refractivity contribution is -0.242. The Bertz CT molecular complexity index is 957. The van der Waals surface area contributed by atoms with Gasteiger partial charge in [0.2, 0.25) is 0 Å². The summed E-state index contributed by atoms with van der Waals surface area (Å²) in [5.74, 6) is 2.14. The molecule has 4 unspecified atom stereocenters. The van der Waals surface area contributed by atoms with Crippen molar-refractivity contribution < 1.29 is 24.1 Å². The van der Waals surface area contributed by atoms with E-state index in [1.807, 2.05) is 30.3 Å². The van der Waals surface area contributed by atoms with Crippen LogP contribution < -0.4 is 0 Å². The molecule has 198 valence electrons. The normalized spacial score (nSPS) is 43.9. The van der Waals surface area contributed by atoms with Gasteiger partial charge in [0.05, 0.1) is 18.8 Å². The number of hydrogen-bond donors (Lipinski definition) is 1. The van der Waals surface area contributed by atoms with Gasteiger partial charge < -0.3 is 19.3 Å². The number of fused-ring (bicyclic) bond motifs is 5. The van der Waals surface area contributed by atoms with Crippen LogP contribution in [0, 0.1) is 46.3 Å². The molecule has 0 aromatic heterocycles. The van der Waals surface area contributed by atoms with Crippen molar-refractivity contribution in [2.24, 2.45) is 46.3 Å². The average molecular weight is 497 g/mol. The Labute approximate surface area is 216 Å². The molecular weight excluding hydrogens is 452 g/mol. The Hall–Kier alpha value is -1.43. The van der Waals surface area contributed by atoms with Crippen molar-refractivity contribution in [3.8, 4) is 0 Å². The maximum Gasteiger partial charge on any atom is 0.338 e. The van der Waals surface area contributed by atoms with Gasteiger partial charge in [-0.25, -0.2) is 4.79 Å². The third-order valence-corrected chi connectivity index (χ3v) is 11.8. The Morgan fingerprint density at radius 3 is 2.47 bits per heavy atom. The van der Waals surface area contributed by atoms with Crippen LogP contribution in [0.2, 0.25) is 0 Å². The van der Waals surface area contributed by atoms with Crippen LogP contribution in [0.3, 0.4) is 0 Å². The second-order valence-corrected chi connectivity index (χ2v) is 13.2. The van der Waals surface area contributed by atoms with Crippen LogP contribution in [-0.2, 0) is 14.2 Å². The standard InChI is InChI=1S/C31H44O5/c1-20(19-32)23-9-10-24-27-25(11-12-30(23,24)3)29(2)13-14-31(34-15-16-35-31)18-22(29)17-26(27)36-28(33)21-7-5-4-6-8-21/h4-8,20,22-27,32H,9-19H2,1-3H3/t20?,22-,23+,24?,25?,26+,27?,29-,30+/m0/s1. The third kappa shape index (κ3) is 3.79. The van der Waals surface area contributed by atoms with Gasteiger partial charge in [-0.15, -0.1) is 0 Å². The highest BCUT2D eigenvalue weighted by atomic mass is 16.7. The topological polar surface area (TPSA) is 65.0 Å². The summed E-state index contributed by atoms with van der Waals surface area (Å²) < 4.78 is 18.9. The van der Waals surface area contributed by atoms with Crippen molar-refractivity contribution in [2.45, 2.75) is 84.0 Å². The predicted molar refractivity (Wildman–Crippen MR) is 137 cm³/mol. The molecule has 0 radical (unpaired) electrons. The van der Waals surface area contributed by atoms with Crippen LogP contribution in [0.1, 0.15) is 82.5 Å². The molecule has 0 amide bonds. The van der Waals surface area contributed by atoms with E-state index in [4.69, 9.17) is 14.2 Å². The van der Waals surface area contributed by atoms with Crippen LogP contribution in [0.25, 0.3) is 0 Å². The van der Waals surface area contributed by atoms with Gasteiger partial charge in [0.15, 0.2) is 5.79 Å². The van der Waals surface area contributed by atoms with Gasteiger partial charge in [0, 0.05) is 25.4 Å². The zero-order valence-corrected chi connectivity index (χ0v) is 22.3. The van der Waals surface area contributed by atoms with Gasteiger partial charge in [0.25, 0.3) is 0 Å². The molecular formula is C31H44O5. The minimum absolute atomic E-state index is 0.0786. The Kier molecular flexibility index (Phi) is 6.29. The van der Waals surface area contributed by atoms with Crippen LogP contribution in [0.15, 0.2) is 30.3 Å². The number of ether oxygens (including phenoxy) is 3. The van der Waals surface area contributed by atoms with E-state index in [0.717, 1.165) is 25.7 Å². The van der Waals surface area contributed by atoms with Gasteiger partial charge >= 0.3 is 5.97 Å². The molecule has 9 atom stereocenters. The van der Waals surface area contributed by atoms with E-state index < -0.39 is 5.79 Å². The molecule has 1 spiro atoms. The molecule has 4 aliphatic carbocycles. The molecule has 5 aliphatic rings. The van der Waals surface area contributed by atoms with Crippen LogP contribution in [0.5, 0.6) is 0 Å². The first kappa shape index (κ1) is 24.9. The molecule has 4 saturated carbocycles. The summed E-state index contributed by atoms with van der Waals surface area (Å²) in [5.41, 5.74) is 1.07. The van der Waals surface area contributed by atoms with E-state index in [1.54, 1.807) is 0 Å². The quantitative estimate of drug-likeness (QED) is 0.530. The van der Waals surface area contributed by atoms with E-state index in [1.165, 1.54) is 25.7 Å². The van der Waals surface area contributed by atoms with Crippen LogP contribution >= 0.6 is 0 Å². The SMILES string of the molecule is CC(CO)[C@H]1CCC2C3C(CC[C@@]21C)[C@@]1(C)CCC2(C[C@@H]1C[C@H]3OC(=O)c1ccccc1)OCCO2. The Balaban J connectivity index is 1.34. The summed E-state index contributed by atoms with van der Waals surface area (Å²) in [7, 11) is 0. The van der Waals surface area contributed by atoms with Gasteiger partial charge in [-0.05, 0) is 91.1 Å². The third-order valence-electron chi connectivity index (χ3n) is 11.8. The number of benzene rings is 1. The maximum absolute atomic E-state index is 13.4. The molecule has 1 aliphatic heterocycles. The summed E-state index contributed by atoms with van der Waals surface area (Å²) in [6, 6.07) is 9.48. The molecule has 5 fully saturated rings. The zero-order chi connectivity index (χ0) is 25.1. The summed E-state index contributed by atoms with van der Waals surface area (Å²) in [6.07, 6.45) is 8.60. The van der Waals surface area contributed by atoms with Crippen molar-refractivity contribution in [3.63, 3.8) is 0 Å². The van der Waals surface area contributed by atoms with Crippen molar-refractivity contribution in [1.29, 1.82) is 0 Å². The van der Waals surface area contributed by atoms with E-state index in [9.17, 15) is 9.90 Å². The Morgan fingerprint density at radius 2 is 1.75 bits per heavy atom. The minimum atomic E-state index is -0.427. The summed E-state index contributed by atoms with van der Waals surface area (Å²) in [5, 5.41) is 10.0. The molecule has 5 heteroatoms. The smallest absolute Gasteiger partial charge is 0.338 e. The first-order chi connectivity index (χ1) is 17.3. The highest BCUT2D eigenvalue weighted by Gasteiger charge is 2.65. The van der Waals surface area contributed by atoms with Crippen LogP contribution in [-0.4, -0.2) is 42.8 Å². The van der Waals surface area contributed by atoms with Gasteiger partial charge in [-0.1, -0.05) is 39.0 Å².